The molecule has 1 nitrogen and oxygen atoms in total. The van der Waals surface area contributed by atoms with Crippen molar-refractivity contribution in [1.82, 2.24) is 5.32 Å². The molecule has 0 bridgehead atoms. The molecule has 1 fully saturated rings. The third-order valence-electron chi connectivity index (χ3n) is 3.08. The van der Waals surface area contributed by atoms with Crippen LogP contribution in [0.5, 0.6) is 0 Å². The molecule has 0 amide bonds. The van der Waals surface area contributed by atoms with Crippen LogP contribution in [0.1, 0.15) is 29.9 Å². The number of nitrogens with one attached hydrogen (secondary N) is 1. The Labute approximate surface area is 88.5 Å². The Balaban J connectivity index is 2.31. The van der Waals surface area contributed by atoms with Gasteiger partial charge < -0.3 is 5.32 Å². The molecule has 0 saturated carbocycles. The summed E-state index contributed by atoms with van der Waals surface area (Å²) < 4.78 is 27.0. The predicted molar refractivity (Wildman–Crippen MR) is 55.9 cm³/mol. The first-order valence-corrected chi connectivity index (χ1v) is 5.35. The minimum Gasteiger partial charge on any atom is -0.317 e. The molecule has 0 unspecified atom stereocenters. The van der Waals surface area contributed by atoms with Gasteiger partial charge in [0.2, 0.25) is 0 Å². The van der Waals surface area contributed by atoms with Gasteiger partial charge in [0.15, 0.2) is 11.6 Å². The fourth-order valence-electron chi connectivity index (χ4n) is 2.11. The standard InChI is InChI=1S/C12H15F2N/c1-8-2-3-10(12(14)11(8)13)9-4-6-15-7-5-9/h2-3,9,15H,4-7H2,1H3. The molecule has 0 spiro atoms. The van der Waals surface area contributed by atoms with Crippen molar-refractivity contribution in [3.05, 3.63) is 34.9 Å². The van der Waals surface area contributed by atoms with E-state index in [0.29, 0.717) is 11.1 Å². The molecular formula is C12H15F2N. The van der Waals surface area contributed by atoms with E-state index in [1.165, 1.54) is 0 Å². The molecule has 1 aromatic carbocycles. The van der Waals surface area contributed by atoms with Crippen molar-refractivity contribution < 1.29 is 8.78 Å². The van der Waals surface area contributed by atoms with E-state index in [-0.39, 0.29) is 5.92 Å². The van der Waals surface area contributed by atoms with Crippen molar-refractivity contribution in [2.45, 2.75) is 25.7 Å². The van der Waals surface area contributed by atoms with Crippen LogP contribution in [0.25, 0.3) is 0 Å². The Bertz CT molecular complexity index is 357. The third-order valence-corrected chi connectivity index (χ3v) is 3.08. The van der Waals surface area contributed by atoms with Crippen molar-refractivity contribution in [1.29, 1.82) is 0 Å². The van der Waals surface area contributed by atoms with Gasteiger partial charge in [0, 0.05) is 0 Å². The quantitative estimate of drug-likeness (QED) is 0.753. The number of aryl methyl sites for hydroxylation is 1. The highest BCUT2D eigenvalue weighted by Gasteiger charge is 2.21. The van der Waals surface area contributed by atoms with Crippen LogP contribution in [0.2, 0.25) is 0 Å². The number of benzene rings is 1. The average Bonchev–Trinajstić information content (AvgIpc) is 2.27. The second-order valence-electron chi connectivity index (χ2n) is 4.12. The van der Waals surface area contributed by atoms with Gasteiger partial charge in [-0.2, -0.15) is 0 Å². The lowest BCUT2D eigenvalue weighted by Crippen LogP contribution is -2.27. The van der Waals surface area contributed by atoms with E-state index in [4.69, 9.17) is 0 Å². The van der Waals surface area contributed by atoms with Gasteiger partial charge in [-0.1, -0.05) is 12.1 Å². The Hall–Kier alpha value is -0.960. The molecule has 1 saturated heterocycles. The van der Waals surface area contributed by atoms with E-state index < -0.39 is 11.6 Å². The zero-order valence-corrected chi connectivity index (χ0v) is 8.82. The first kappa shape index (κ1) is 10.6. The van der Waals surface area contributed by atoms with E-state index >= 15 is 0 Å². The zero-order valence-electron chi connectivity index (χ0n) is 8.82. The van der Waals surface area contributed by atoms with Crippen LogP contribution in [-0.2, 0) is 0 Å². The molecule has 1 heterocycles. The summed E-state index contributed by atoms with van der Waals surface area (Å²) in [5, 5.41) is 3.21. The smallest absolute Gasteiger partial charge is 0.162 e. The van der Waals surface area contributed by atoms with Gasteiger partial charge in [0.25, 0.3) is 0 Å². The van der Waals surface area contributed by atoms with Gasteiger partial charge in [-0.3, -0.25) is 0 Å². The first-order valence-electron chi connectivity index (χ1n) is 5.35. The van der Waals surface area contributed by atoms with Crippen molar-refractivity contribution in [2.75, 3.05) is 13.1 Å². The lowest BCUT2D eigenvalue weighted by molar-refractivity contribution is 0.428. The van der Waals surface area contributed by atoms with Crippen LogP contribution in [0.4, 0.5) is 8.78 Å². The Morgan fingerprint density at radius 1 is 1.13 bits per heavy atom. The molecule has 1 aliphatic rings. The second-order valence-corrected chi connectivity index (χ2v) is 4.12. The average molecular weight is 211 g/mol. The summed E-state index contributed by atoms with van der Waals surface area (Å²) in [6, 6.07) is 3.39. The Morgan fingerprint density at radius 2 is 1.80 bits per heavy atom. The van der Waals surface area contributed by atoms with E-state index in [2.05, 4.69) is 5.32 Å². The number of piperidine rings is 1. The van der Waals surface area contributed by atoms with Crippen LogP contribution in [0.15, 0.2) is 12.1 Å². The van der Waals surface area contributed by atoms with Crippen LogP contribution in [-0.4, -0.2) is 13.1 Å². The van der Waals surface area contributed by atoms with Crippen LogP contribution in [0.3, 0.4) is 0 Å². The number of hydrogen-bond donors (Lipinski definition) is 1. The number of halogens is 2. The maximum absolute atomic E-state index is 13.7. The number of hydrogen-bond acceptors (Lipinski definition) is 1. The van der Waals surface area contributed by atoms with E-state index in [1.54, 1.807) is 19.1 Å². The van der Waals surface area contributed by atoms with Crippen molar-refractivity contribution in [3.8, 4) is 0 Å². The lowest BCUT2D eigenvalue weighted by atomic mass is 9.89. The largest absolute Gasteiger partial charge is 0.317 e. The summed E-state index contributed by atoms with van der Waals surface area (Å²) in [4.78, 5) is 0. The van der Waals surface area contributed by atoms with Gasteiger partial charge >= 0.3 is 0 Å². The van der Waals surface area contributed by atoms with Crippen molar-refractivity contribution in [3.63, 3.8) is 0 Å². The normalized spacial score (nSPS) is 18.1. The second kappa shape index (κ2) is 4.27. The van der Waals surface area contributed by atoms with Gasteiger partial charge in [0.1, 0.15) is 0 Å². The van der Waals surface area contributed by atoms with E-state index in [0.717, 1.165) is 25.9 Å². The maximum atomic E-state index is 13.7. The van der Waals surface area contributed by atoms with Crippen molar-refractivity contribution in [2.24, 2.45) is 0 Å². The Kier molecular flexibility index (Phi) is 3.00. The highest BCUT2D eigenvalue weighted by atomic mass is 19.2. The van der Waals surface area contributed by atoms with E-state index in [9.17, 15) is 8.78 Å². The monoisotopic (exact) mass is 211 g/mol. The fourth-order valence-corrected chi connectivity index (χ4v) is 2.11. The molecule has 82 valence electrons. The minimum atomic E-state index is -0.689. The highest BCUT2D eigenvalue weighted by molar-refractivity contribution is 5.28. The van der Waals surface area contributed by atoms with Gasteiger partial charge in [-0.05, 0) is 49.9 Å². The zero-order chi connectivity index (χ0) is 10.8. The molecule has 15 heavy (non-hydrogen) atoms. The molecule has 1 aromatic rings. The lowest BCUT2D eigenvalue weighted by Gasteiger charge is -2.23. The van der Waals surface area contributed by atoms with E-state index in [1.807, 2.05) is 0 Å². The molecule has 1 aliphatic heterocycles. The number of rotatable bonds is 1. The molecule has 1 N–H and O–H groups in total. The fraction of sp³-hybridized carbons (Fsp3) is 0.500. The molecule has 0 atom stereocenters. The maximum Gasteiger partial charge on any atom is 0.162 e. The van der Waals surface area contributed by atoms with Crippen LogP contribution in [0, 0.1) is 18.6 Å². The third kappa shape index (κ3) is 2.02. The predicted octanol–water partition coefficient (Wildman–Crippen LogP) is 2.74. The van der Waals surface area contributed by atoms with Crippen LogP contribution < -0.4 is 5.32 Å². The minimum absolute atomic E-state index is 0.168. The Morgan fingerprint density at radius 3 is 2.47 bits per heavy atom. The summed E-state index contributed by atoms with van der Waals surface area (Å²) in [5.74, 6) is -1.17. The summed E-state index contributed by atoms with van der Waals surface area (Å²) in [6.45, 7) is 3.36. The summed E-state index contributed by atoms with van der Waals surface area (Å²) in [7, 11) is 0. The summed E-state index contributed by atoms with van der Waals surface area (Å²) in [6.07, 6.45) is 1.78. The van der Waals surface area contributed by atoms with Gasteiger partial charge in [-0.15, -0.1) is 0 Å². The molecule has 0 aliphatic carbocycles. The molecule has 0 aromatic heterocycles. The SMILES string of the molecule is Cc1ccc(C2CCNCC2)c(F)c1F. The first-order chi connectivity index (χ1) is 7.20. The molecule has 2 rings (SSSR count). The highest BCUT2D eigenvalue weighted by Crippen LogP contribution is 2.29. The van der Waals surface area contributed by atoms with Crippen LogP contribution >= 0.6 is 0 Å². The van der Waals surface area contributed by atoms with Gasteiger partial charge in [0.05, 0.1) is 0 Å². The summed E-state index contributed by atoms with van der Waals surface area (Å²) >= 11 is 0. The molecular weight excluding hydrogens is 196 g/mol. The summed E-state index contributed by atoms with van der Waals surface area (Å²) in [5.41, 5.74) is 0.921. The topological polar surface area (TPSA) is 12.0 Å². The molecule has 0 radical (unpaired) electrons. The van der Waals surface area contributed by atoms with Crippen molar-refractivity contribution >= 4 is 0 Å². The molecule has 3 heteroatoms. The van der Waals surface area contributed by atoms with Gasteiger partial charge in [-0.25, -0.2) is 8.78 Å².